The molecular formula is C10H15NO2. The summed E-state index contributed by atoms with van der Waals surface area (Å²) in [6, 6.07) is 3.74. The number of pyridine rings is 1. The van der Waals surface area contributed by atoms with Crippen molar-refractivity contribution in [1.82, 2.24) is 4.98 Å². The molecule has 0 aliphatic carbocycles. The number of hydrogen-bond acceptors (Lipinski definition) is 3. The molecule has 0 saturated carbocycles. The summed E-state index contributed by atoms with van der Waals surface area (Å²) in [4.78, 5) is 4.14. The predicted molar refractivity (Wildman–Crippen MR) is 50.8 cm³/mol. The van der Waals surface area contributed by atoms with Gasteiger partial charge in [0.2, 0.25) is 0 Å². The van der Waals surface area contributed by atoms with Gasteiger partial charge in [-0.1, -0.05) is 0 Å². The zero-order chi connectivity index (χ0) is 9.68. The van der Waals surface area contributed by atoms with E-state index in [-0.39, 0.29) is 12.7 Å². The van der Waals surface area contributed by atoms with Gasteiger partial charge in [-0.2, -0.15) is 0 Å². The second-order valence-corrected chi connectivity index (χ2v) is 3.13. The lowest BCUT2D eigenvalue weighted by Gasteiger charge is -2.08. The van der Waals surface area contributed by atoms with Crippen LogP contribution in [0.3, 0.4) is 0 Å². The number of ether oxygens (including phenoxy) is 1. The smallest absolute Gasteiger partial charge is 0.137 e. The number of rotatable bonds is 4. The number of aliphatic hydroxyl groups excluding tert-OH is 1. The standard InChI is InChI=1S/C10H15NO2/c1-8(2)13-10-4-3-9(5-6-12)11-7-10/h3-4,7-8,12H,5-6H2,1-2H3. The highest BCUT2D eigenvalue weighted by Crippen LogP contribution is 2.10. The van der Waals surface area contributed by atoms with E-state index < -0.39 is 0 Å². The Balaban J connectivity index is 2.59. The van der Waals surface area contributed by atoms with Gasteiger partial charge in [-0.15, -0.1) is 0 Å². The molecule has 3 nitrogen and oxygen atoms in total. The fourth-order valence-corrected chi connectivity index (χ4v) is 1.02. The highest BCUT2D eigenvalue weighted by molar-refractivity contribution is 5.20. The Morgan fingerprint density at radius 1 is 1.46 bits per heavy atom. The fourth-order valence-electron chi connectivity index (χ4n) is 1.02. The first-order valence-electron chi connectivity index (χ1n) is 4.45. The van der Waals surface area contributed by atoms with Gasteiger partial charge in [0.1, 0.15) is 5.75 Å². The van der Waals surface area contributed by atoms with Crippen LogP contribution in [-0.2, 0) is 6.42 Å². The first kappa shape index (κ1) is 9.99. The molecule has 0 amide bonds. The normalized spacial score (nSPS) is 10.5. The monoisotopic (exact) mass is 181 g/mol. The topological polar surface area (TPSA) is 42.4 Å². The minimum atomic E-state index is 0.136. The van der Waals surface area contributed by atoms with E-state index in [2.05, 4.69) is 4.98 Å². The van der Waals surface area contributed by atoms with Crippen LogP contribution in [0.15, 0.2) is 18.3 Å². The van der Waals surface area contributed by atoms with Crippen LogP contribution >= 0.6 is 0 Å². The third-order valence-electron chi connectivity index (χ3n) is 1.54. The molecule has 0 atom stereocenters. The summed E-state index contributed by atoms with van der Waals surface area (Å²) in [5.41, 5.74) is 0.888. The quantitative estimate of drug-likeness (QED) is 0.763. The van der Waals surface area contributed by atoms with E-state index in [4.69, 9.17) is 9.84 Å². The maximum Gasteiger partial charge on any atom is 0.137 e. The third-order valence-corrected chi connectivity index (χ3v) is 1.54. The molecule has 0 aliphatic rings. The summed E-state index contributed by atoms with van der Waals surface area (Å²) in [6.45, 7) is 4.08. The average molecular weight is 181 g/mol. The van der Waals surface area contributed by atoms with Gasteiger partial charge in [-0.3, -0.25) is 4.98 Å². The van der Waals surface area contributed by atoms with Gasteiger partial charge < -0.3 is 9.84 Å². The Bertz CT molecular complexity index is 244. The summed E-state index contributed by atoms with van der Waals surface area (Å²) in [6.07, 6.45) is 2.46. The van der Waals surface area contributed by atoms with Gasteiger partial charge >= 0.3 is 0 Å². The highest BCUT2D eigenvalue weighted by atomic mass is 16.5. The van der Waals surface area contributed by atoms with E-state index in [9.17, 15) is 0 Å². The number of hydrogen-bond donors (Lipinski definition) is 1. The highest BCUT2D eigenvalue weighted by Gasteiger charge is 1.98. The molecule has 3 heteroatoms. The molecule has 0 fully saturated rings. The minimum Gasteiger partial charge on any atom is -0.489 e. The minimum absolute atomic E-state index is 0.136. The van der Waals surface area contributed by atoms with E-state index >= 15 is 0 Å². The van der Waals surface area contributed by atoms with Crippen molar-refractivity contribution in [1.29, 1.82) is 0 Å². The van der Waals surface area contributed by atoms with Crippen molar-refractivity contribution in [2.75, 3.05) is 6.61 Å². The van der Waals surface area contributed by atoms with Crippen LogP contribution in [-0.4, -0.2) is 22.8 Å². The van der Waals surface area contributed by atoms with Crippen LogP contribution in [0.5, 0.6) is 5.75 Å². The van der Waals surface area contributed by atoms with Crippen molar-refractivity contribution in [2.45, 2.75) is 26.4 Å². The Kier molecular flexibility index (Phi) is 3.71. The Labute approximate surface area is 78.4 Å². The van der Waals surface area contributed by atoms with Gasteiger partial charge in [0, 0.05) is 18.7 Å². The molecule has 1 aromatic rings. The Morgan fingerprint density at radius 3 is 2.69 bits per heavy atom. The first-order chi connectivity index (χ1) is 6.22. The van der Waals surface area contributed by atoms with Crippen molar-refractivity contribution >= 4 is 0 Å². The van der Waals surface area contributed by atoms with Crippen molar-refractivity contribution in [2.24, 2.45) is 0 Å². The average Bonchev–Trinajstić information content (AvgIpc) is 2.08. The van der Waals surface area contributed by atoms with Crippen molar-refractivity contribution < 1.29 is 9.84 Å². The van der Waals surface area contributed by atoms with E-state index in [1.807, 2.05) is 26.0 Å². The molecule has 1 rings (SSSR count). The Hall–Kier alpha value is -1.09. The van der Waals surface area contributed by atoms with Crippen molar-refractivity contribution in [3.8, 4) is 5.75 Å². The van der Waals surface area contributed by atoms with Gasteiger partial charge in [0.05, 0.1) is 12.3 Å². The van der Waals surface area contributed by atoms with E-state index in [1.54, 1.807) is 6.20 Å². The van der Waals surface area contributed by atoms with Crippen LogP contribution in [0.25, 0.3) is 0 Å². The molecule has 72 valence electrons. The molecular weight excluding hydrogens is 166 g/mol. The predicted octanol–water partition coefficient (Wildman–Crippen LogP) is 1.40. The zero-order valence-corrected chi connectivity index (χ0v) is 8.03. The molecule has 0 spiro atoms. The van der Waals surface area contributed by atoms with Gasteiger partial charge in [0.15, 0.2) is 0 Å². The van der Waals surface area contributed by atoms with Crippen LogP contribution < -0.4 is 4.74 Å². The lowest BCUT2D eigenvalue weighted by molar-refractivity contribution is 0.241. The van der Waals surface area contributed by atoms with E-state index in [0.717, 1.165) is 11.4 Å². The van der Waals surface area contributed by atoms with Crippen LogP contribution in [0.2, 0.25) is 0 Å². The zero-order valence-electron chi connectivity index (χ0n) is 8.03. The Morgan fingerprint density at radius 2 is 2.23 bits per heavy atom. The molecule has 0 saturated heterocycles. The molecule has 0 radical (unpaired) electrons. The van der Waals surface area contributed by atoms with Gasteiger partial charge in [-0.05, 0) is 26.0 Å². The summed E-state index contributed by atoms with van der Waals surface area (Å²) in [5, 5.41) is 8.66. The number of nitrogens with zero attached hydrogens (tertiary/aromatic N) is 1. The summed E-state index contributed by atoms with van der Waals surface area (Å²) >= 11 is 0. The van der Waals surface area contributed by atoms with Crippen LogP contribution in [0, 0.1) is 0 Å². The van der Waals surface area contributed by atoms with Crippen molar-refractivity contribution in [3.05, 3.63) is 24.0 Å². The summed E-state index contributed by atoms with van der Waals surface area (Å²) < 4.78 is 5.42. The SMILES string of the molecule is CC(C)Oc1ccc(CCO)nc1. The maximum atomic E-state index is 8.66. The lowest BCUT2D eigenvalue weighted by Crippen LogP contribution is -2.06. The molecule has 0 unspecified atom stereocenters. The van der Waals surface area contributed by atoms with Gasteiger partial charge in [-0.25, -0.2) is 0 Å². The molecule has 1 heterocycles. The number of aromatic nitrogens is 1. The molecule has 0 bridgehead atoms. The van der Waals surface area contributed by atoms with E-state index in [1.165, 1.54) is 0 Å². The number of aliphatic hydroxyl groups is 1. The molecule has 1 N–H and O–H groups in total. The van der Waals surface area contributed by atoms with Crippen LogP contribution in [0.4, 0.5) is 0 Å². The summed E-state index contributed by atoms with van der Waals surface area (Å²) in [5.74, 6) is 0.775. The first-order valence-corrected chi connectivity index (χ1v) is 4.45. The van der Waals surface area contributed by atoms with Gasteiger partial charge in [0.25, 0.3) is 0 Å². The van der Waals surface area contributed by atoms with Crippen molar-refractivity contribution in [3.63, 3.8) is 0 Å². The molecule has 13 heavy (non-hydrogen) atoms. The second-order valence-electron chi connectivity index (χ2n) is 3.13. The van der Waals surface area contributed by atoms with E-state index in [0.29, 0.717) is 6.42 Å². The fraction of sp³-hybridized carbons (Fsp3) is 0.500. The lowest BCUT2D eigenvalue weighted by atomic mass is 10.3. The third kappa shape index (κ3) is 3.42. The molecule has 0 aliphatic heterocycles. The van der Waals surface area contributed by atoms with Crippen LogP contribution in [0.1, 0.15) is 19.5 Å². The second kappa shape index (κ2) is 4.82. The molecule has 1 aromatic heterocycles. The largest absolute Gasteiger partial charge is 0.489 e. The summed E-state index contributed by atoms with van der Waals surface area (Å²) in [7, 11) is 0. The maximum absolute atomic E-state index is 8.66. The molecule has 0 aromatic carbocycles.